The normalized spacial score (nSPS) is 35.3. The first-order valence-corrected chi connectivity index (χ1v) is 9.91. The first-order valence-electron chi connectivity index (χ1n) is 9.10. The van der Waals surface area contributed by atoms with E-state index in [9.17, 15) is 4.79 Å². The smallest absolute Gasteiger partial charge is 0.314 e. The first kappa shape index (κ1) is 15.6. The number of hydrogen-bond donors (Lipinski definition) is 1. The Bertz CT molecular complexity index is 859. The molecular formula is C21H23NO2S. The van der Waals surface area contributed by atoms with Crippen LogP contribution in [0.3, 0.4) is 0 Å². The van der Waals surface area contributed by atoms with Gasteiger partial charge in [-0.2, -0.15) is 0 Å². The molecule has 2 aromatic rings. The third kappa shape index (κ3) is 1.72. The summed E-state index contributed by atoms with van der Waals surface area (Å²) < 4.78 is 5.37. The average molecular weight is 353 g/mol. The third-order valence-electron chi connectivity index (χ3n) is 6.99. The summed E-state index contributed by atoms with van der Waals surface area (Å²) in [7, 11) is 1.54. The molecule has 1 saturated carbocycles. The van der Waals surface area contributed by atoms with Crippen molar-refractivity contribution in [3.63, 3.8) is 0 Å². The number of nitrogens with one attached hydrogen (secondary N) is 1. The molecule has 0 radical (unpaired) electrons. The van der Waals surface area contributed by atoms with Gasteiger partial charge < -0.3 is 10.1 Å². The largest absolute Gasteiger partial charge is 0.469 e. The topological polar surface area (TPSA) is 38.3 Å². The lowest BCUT2D eigenvalue weighted by atomic mass is 9.43. The lowest BCUT2D eigenvalue weighted by Crippen LogP contribution is -2.60. The molecule has 130 valence electrons. The molecule has 25 heavy (non-hydrogen) atoms. The zero-order chi connectivity index (χ0) is 17.2. The number of ether oxygens (including phenoxy) is 1. The SMILES string of the molecule is COC(=O)C12CNCC1C1(c3ccc(C)s3)CCC2c2ccccc21. The highest BCUT2D eigenvalue weighted by atomic mass is 32.1. The summed E-state index contributed by atoms with van der Waals surface area (Å²) in [6.45, 7) is 3.79. The molecule has 3 aliphatic carbocycles. The summed E-state index contributed by atoms with van der Waals surface area (Å²) in [6, 6.07) is 13.3. The van der Waals surface area contributed by atoms with E-state index < -0.39 is 5.41 Å². The van der Waals surface area contributed by atoms with E-state index >= 15 is 0 Å². The van der Waals surface area contributed by atoms with Gasteiger partial charge in [0.2, 0.25) is 0 Å². The maximum absolute atomic E-state index is 13.1. The number of hydrogen-bond acceptors (Lipinski definition) is 4. The lowest BCUT2D eigenvalue weighted by Gasteiger charge is -2.59. The summed E-state index contributed by atoms with van der Waals surface area (Å²) in [4.78, 5) is 15.8. The number of benzene rings is 1. The Morgan fingerprint density at radius 3 is 2.88 bits per heavy atom. The van der Waals surface area contributed by atoms with Gasteiger partial charge >= 0.3 is 5.97 Å². The van der Waals surface area contributed by atoms with Crippen molar-refractivity contribution in [1.29, 1.82) is 0 Å². The zero-order valence-corrected chi connectivity index (χ0v) is 15.5. The van der Waals surface area contributed by atoms with Crippen LogP contribution in [0.5, 0.6) is 0 Å². The van der Waals surface area contributed by atoms with Crippen LogP contribution in [0.1, 0.15) is 39.6 Å². The van der Waals surface area contributed by atoms with Gasteiger partial charge in [-0.25, -0.2) is 0 Å². The van der Waals surface area contributed by atoms with Crippen molar-refractivity contribution >= 4 is 17.3 Å². The molecule has 4 unspecified atom stereocenters. The molecule has 2 bridgehead atoms. The second-order valence-corrected chi connectivity index (χ2v) is 9.06. The highest BCUT2D eigenvalue weighted by Gasteiger charge is 2.69. The second-order valence-electron chi connectivity index (χ2n) is 7.78. The van der Waals surface area contributed by atoms with E-state index in [1.165, 1.54) is 20.9 Å². The van der Waals surface area contributed by atoms with Gasteiger partial charge in [-0.15, -0.1) is 11.3 Å². The predicted molar refractivity (Wildman–Crippen MR) is 99.1 cm³/mol. The molecule has 2 fully saturated rings. The highest BCUT2D eigenvalue weighted by molar-refractivity contribution is 7.12. The summed E-state index contributed by atoms with van der Waals surface area (Å²) in [5.74, 6) is 0.498. The summed E-state index contributed by atoms with van der Waals surface area (Å²) in [6.07, 6.45) is 2.18. The van der Waals surface area contributed by atoms with Gasteiger partial charge in [0.1, 0.15) is 0 Å². The molecule has 1 aromatic carbocycles. The maximum Gasteiger partial charge on any atom is 0.314 e. The minimum absolute atomic E-state index is 0.0284. The van der Waals surface area contributed by atoms with Gasteiger partial charge in [0.25, 0.3) is 0 Å². The number of fused-ring (bicyclic) bond motifs is 1. The summed E-state index contributed by atoms with van der Waals surface area (Å²) >= 11 is 1.89. The lowest BCUT2D eigenvalue weighted by molar-refractivity contribution is -0.161. The van der Waals surface area contributed by atoms with Crippen LogP contribution in [-0.2, 0) is 14.9 Å². The van der Waals surface area contributed by atoms with Crippen LogP contribution in [0.15, 0.2) is 36.4 Å². The van der Waals surface area contributed by atoms with Gasteiger partial charge in [-0.05, 0) is 43.0 Å². The predicted octanol–water partition coefficient (Wildman–Crippen LogP) is 3.61. The molecule has 4 heteroatoms. The molecule has 2 heterocycles. The Balaban J connectivity index is 1.84. The van der Waals surface area contributed by atoms with Crippen molar-refractivity contribution < 1.29 is 9.53 Å². The fourth-order valence-electron chi connectivity index (χ4n) is 6.12. The number of carbonyl (C=O) groups is 1. The van der Waals surface area contributed by atoms with Crippen LogP contribution in [0.4, 0.5) is 0 Å². The molecule has 1 saturated heterocycles. The van der Waals surface area contributed by atoms with Crippen molar-refractivity contribution in [1.82, 2.24) is 5.32 Å². The Kier molecular flexibility index (Phi) is 3.23. The van der Waals surface area contributed by atoms with Gasteiger partial charge in [0, 0.05) is 40.1 Å². The second kappa shape index (κ2) is 5.18. The molecular weight excluding hydrogens is 330 g/mol. The fourth-order valence-corrected chi connectivity index (χ4v) is 7.28. The van der Waals surface area contributed by atoms with Crippen molar-refractivity contribution in [3.8, 4) is 0 Å². The quantitative estimate of drug-likeness (QED) is 0.838. The van der Waals surface area contributed by atoms with Crippen LogP contribution in [0, 0.1) is 18.3 Å². The van der Waals surface area contributed by atoms with Crippen LogP contribution < -0.4 is 5.32 Å². The van der Waals surface area contributed by atoms with Crippen LogP contribution in [-0.4, -0.2) is 26.2 Å². The van der Waals surface area contributed by atoms with Crippen LogP contribution in [0.25, 0.3) is 0 Å². The molecule has 1 aromatic heterocycles. The maximum atomic E-state index is 13.1. The fraction of sp³-hybridized carbons (Fsp3) is 0.476. The Hall–Kier alpha value is -1.65. The number of aryl methyl sites for hydroxylation is 1. The minimum Gasteiger partial charge on any atom is -0.469 e. The number of rotatable bonds is 2. The van der Waals surface area contributed by atoms with E-state index in [0.717, 1.165) is 25.9 Å². The van der Waals surface area contributed by atoms with E-state index in [1.54, 1.807) is 7.11 Å². The third-order valence-corrected chi connectivity index (χ3v) is 8.17. The molecule has 6 rings (SSSR count). The van der Waals surface area contributed by atoms with E-state index in [1.807, 2.05) is 11.3 Å². The summed E-state index contributed by atoms with van der Waals surface area (Å²) in [5.41, 5.74) is 2.31. The zero-order valence-electron chi connectivity index (χ0n) is 14.7. The number of thiophene rings is 1. The first-order chi connectivity index (χ1) is 12.1. The average Bonchev–Trinajstić information content (AvgIpc) is 3.29. The van der Waals surface area contributed by atoms with E-state index in [2.05, 4.69) is 48.6 Å². The van der Waals surface area contributed by atoms with Gasteiger partial charge in [-0.1, -0.05) is 24.3 Å². The van der Waals surface area contributed by atoms with Crippen LogP contribution >= 0.6 is 11.3 Å². The molecule has 0 spiro atoms. The van der Waals surface area contributed by atoms with Crippen molar-refractivity contribution in [2.24, 2.45) is 11.3 Å². The number of methoxy groups -OCH3 is 1. The van der Waals surface area contributed by atoms with Gasteiger partial charge in [-0.3, -0.25) is 4.79 Å². The van der Waals surface area contributed by atoms with Crippen molar-refractivity contribution in [3.05, 3.63) is 57.3 Å². The molecule has 1 aliphatic heterocycles. The molecule has 0 amide bonds. The monoisotopic (exact) mass is 353 g/mol. The Morgan fingerprint density at radius 2 is 2.12 bits per heavy atom. The Labute approximate surface area is 152 Å². The molecule has 1 N–H and O–H groups in total. The number of carbonyl (C=O) groups excluding carboxylic acids is 1. The molecule has 4 aliphatic rings. The number of esters is 1. The standard InChI is InChI=1S/C21H23NO2S/c1-13-7-8-18(25-13)20-10-9-16(14-5-3-4-6-15(14)20)21(19(23)24-2)12-22-11-17(20)21/h3-8,16-17,22H,9-12H2,1-2H3. The van der Waals surface area contributed by atoms with Crippen LogP contribution in [0.2, 0.25) is 0 Å². The molecule has 4 atom stereocenters. The van der Waals surface area contributed by atoms with Crippen molar-refractivity contribution in [2.75, 3.05) is 20.2 Å². The molecule has 3 nitrogen and oxygen atoms in total. The van der Waals surface area contributed by atoms with Gasteiger partial charge in [0.05, 0.1) is 12.5 Å². The van der Waals surface area contributed by atoms with E-state index in [-0.39, 0.29) is 23.2 Å². The van der Waals surface area contributed by atoms with E-state index in [0.29, 0.717) is 0 Å². The minimum atomic E-state index is -0.431. The van der Waals surface area contributed by atoms with Gasteiger partial charge in [0.15, 0.2) is 0 Å². The van der Waals surface area contributed by atoms with Crippen molar-refractivity contribution in [2.45, 2.75) is 31.1 Å². The van der Waals surface area contributed by atoms with E-state index in [4.69, 9.17) is 4.74 Å². The Morgan fingerprint density at radius 1 is 1.28 bits per heavy atom. The summed E-state index contributed by atoms with van der Waals surface area (Å²) in [5, 5.41) is 3.56. The highest BCUT2D eigenvalue weighted by Crippen LogP contribution is 2.68.